The topological polar surface area (TPSA) is 29.5 Å². The molecule has 1 unspecified atom stereocenters. The van der Waals surface area contributed by atoms with E-state index >= 15 is 0 Å². The molecule has 0 radical (unpaired) electrons. The normalized spacial score (nSPS) is 20.4. The third kappa shape index (κ3) is 1.94. The summed E-state index contributed by atoms with van der Waals surface area (Å²) in [6, 6.07) is 0. The summed E-state index contributed by atoms with van der Waals surface area (Å²) in [4.78, 5) is 12.9. The lowest BCUT2D eigenvalue weighted by atomic mass is 10.1. The van der Waals surface area contributed by atoms with Crippen LogP contribution in [0.5, 0.6) is 0 Å². The van der Waals surface area contributed by atoms with E-state index in [0.29, 0.717) is 6.61 Å². The van der Waals surface area contributed by atoms with Crippen molar-refractivity contribution in [2.75, 3.05) is 26.8 Å². The van der Waals surface area contributed by atoms with Gasteiger partial charge in [0.1, 0.15) is 6.17 Å². The largest absolute Gasteiger partial charge is 0.384 e. The second-order valence-corrected chi connectivity index (χ2v) is 3.20. The van der Waals surface area contributed by atoms with Crippen molar-refractivity contribution in [2.45, 2.75) is 13.1 Å². The van der Waals surface area contributed by atoms with E-state index in [4.69, 9.17) is 4.74 Å². The number of carbonyl (C=O) groups excluding carboxylic acids is 1. The fourth-order valence-corrected chi connectivity index (χ4v) is 1.24. The van der Waals surface area contributed by atoms with Crippen LogP contribution in [0.1, 0.15) is 6.92 Å². The van der Waals surface area contributed by atoms with Gasteiger partial charge in [-0.2, -0.15) is 0 Å². The lowest BCUT2D eigenvalue weighted by Crippen LogP contribution is -2.53. The highest BCUT2D eigenvalue weighted by Gasteiger charge is 2.32. The summed E-state index contributed by atoms with van der Waals surface area (Å²) in [5, 5.41) is 0. The molecule has 1 heterocycles. The molecule has 0 spiro atoms. The Morgan fingerprint density at radius 3 is 2.75 bits per heavy atom. The molecular formula is C8H14FNO2. The van der Waals surface area contributed by atoms with Gasteiger partial charge in [-0.15, -0.1) is 0 Å². The van der Waals surface area contributed by atoms with Crippen molar-refractivity contribution in [3.05, 3.63) is 0 Å². The number of alkyl halides is 1. The van der Waals surface area contributed by atoms with Gasteiger partial charge in [0, 0.05) is 7.11 Å². The maximum atomic E-state index is 12.4. The average molecular weight is 175 g/mol. The van der Waals surface area contributed by atoms with Crippen molar-refractivity contribution in [2.24, 2.45) is 5.92 Å². The van der Waals surface area contributed by atoms with Crippen LogP contribution >= 0.6 is 0 Å². The van der Waals surface area contributed by atoms with Crippen LogP contribution in [-0.4, -0.2) is 43.8 Å². The SMILES string of the molecule is COCC(C)C(=O)N1CC(F)C1. The number of halogens is 1. The highest BCUT2D eigenvalue weighted by Crippen LogP contribution is 2.14. The Kier molecular flexibility index (Phi) is 3.03. The molecule has 1 saturated heterocycles. The summed E-state index contributed by atoms with van der Waals surface area (Å²) >= 11 is 0. The minimum absolute atomic E-state index is 0.00856. The van der Waals surface area contributed by atoms with Crippen LogP contribution in [0.2, 0.25) is 0 Å². The maximum Gasteiger partial charge on any atom is 0.227 e. The smallest absolute Gasteiger partial charge is 0.227 e. The number of likely N-dealkylation sites (tertiary alicyclic amines) is 1. The molecule has 70 valence electrons. The van der Waals surface area contributed by atoms with Gasteiger partial charge in [0.25, 0.3) is 0 Å². The van der Waals surface area contributed by atoms with Gasteiger partial charge in [-0.25, -0.2) is 4.39 Å². The molecule has 1 aliphatic heterocycles. The lowest BCUT2D eigenvalue weighted by molar-refractivity contribution is -0.143. The average Bonchev–Trinajstić information content (AvgIpc) is 1.98. The highest BCUT2D eigenvalue weighted by molar-refractivity contribution is 5.79. The number of nitrogens with zero attached hydrogens (tertiary/aromatic N) is 1. The van der Waals surface area contributed by atoms with Gasteiger partial charge >= 0.3 is 0 Å². The zero-order valence-electron chi connectivity index (χ0n) is 7.42. The van der Waals surface area contributed by atoms with Crippen molar-refractivity contribution >= 4 is 5.91 Å². The number of hydrogen-bond acceptors (Lipinski definition) is 2. The summed E-state index contributed by atoms with van der Waals surface area (Å²) < 4.78 is 17.2. The minimum Gasteiger partial charge on any atom is -0.384 e. The molecule has 1 rings (SSSR count). The maximum absolute atomic E-state index is 12.4. The molecule has 12 heavy (non-hydrogen) atoms. The first kappa shape index (κ1) is 9.45. The zero-order chi connectivity index (χ0) is 9.14. The Labute approximate surface area is 71.5 Å². The molecule has 0 aliphatic carbocycles. The quantitative estimate of drug-likeness (QED) is 0.623. The standard InChI is InChI=1S/C8H14FNO2/c1-6(5-12-2)8(11)10-3-7(9)4-10/h6-7H,3-5H2,1-2H3. The Hall–Kier alpha value is -0.640. The monoisotopic (exact) mass is 175 g/mol. The summed E-state index contributed by atoms with van der Waals surface area (Å²) in [6.45, 7) is 2.71. The molecule has 0 bridgehead atoms. The molecule has 1 fully saturated rings. The van der Waals surface area contributed by atoms with E-state index in [0.717, 1.165) is 0 Å². The van der Waals surface area contributed by atoms with Gasteiger partial charge in [0.2, 0.25) is 5.91 Å². The van der Waals surface area contributed by atoms with E-state index in [-0.39, 0.29) is 24.9 Å². The zero-order valence-corrected chi connectivity index (χ0v) is 7.42. The number of amides is 1. The molecule has 1 aliphatic rings. The van der Waals surface area contributed by atoms with Crippen LogP contribution in [0, 0.1) is 5.92 Å². The third-order valence-electron chi connectivity index (χ3n) is 1.99. The molecular weight excluding hydrogens is 161 g/mol. The van der Waals surface area contributed by atoms with E-state index in [2.05, 4.69) is 0 Å². The lowest BCUT2D eigenvalue weighted by Gasteiger charge is -2.36. The molecule has 0 N–H and O–H groups in total. The Bertz CT molecular complexity index is 162. The summed E-state index contributed by atoms with van der Waals surface area (Å²) in [5.74, 6) is -0.159. The van der Waals surface area contributed by atoms with Crippen molar-refractivity contribution in [3.8, 4) is 0 Å². The minimum atomic E-state index is -0.816. The van der Waals surface area contributed by atoms with E-state index in [1.807, 2.05) is 0 Å². The van der Waals surface area contributed by atoms with E-state index < -0.39 is 6.17 Å². The molecule has 1 amide bonds. The van der Waals surface area contributed by atoms with Crippen LogP contribution in [0.3, 0.4) is 0 Å². The van der Waals surface area contributed by atoms with Gasteiger partial charge in [0.05, 0.1) is 25.6 Å². The Morgan fingerprint density at radius 2 is 2.33 bits per heavy atom. The third-order valence-corrected chi connectivity index (χ3v) is 1.99. The first-order valence-corrected chi connectivity index (χ1v) is 4.07. The predicted molar refractivity (Wildman–Crippen MR) is 42.5 cm³/mol. The van der Waals surface area contributed by atoms with Gasteiger partial charge in [-0.3, -0.25) is 4.79 Å². The first-order chi connectivity index (χ1) is 5.65. The summed E-state index contributed by atoms with van der Waals surface area (Å²) in [5.41, 5.74) is 0. The van der Waals surface area contributed by atoms with Gasteiger partial charge in [-0.1, -0.05) is 6.92 Å². The number of rotatable bonds is 3. The summed E-state index contributed by atoms with van der Waals surface area (Å²) in [7, 11) is 1.55. The van der Waals surface area contributed by atoms with Gasteiger partial charge < -0.3 is 9.64 Å². The molecule has 1 atom stereocenters. The van der Waals surface area contributed by atoms with Crippen molar-refractivity contribution < 1.29 is 13.9 Å². The number of carbonyl (C=O) groups is 1. The van der Waals surface area contributed by atoms with Crippen LogP contribution in [0.4, 0.5) is 4.39 Å². The van der Waals surface area contributed by atoms with E-state index in [1.165, 1.54) is 4.90 Å². The summed E-state index contributed by atoms with van der Waals surface area (Å²) in [6.07, 6.45) is -0.816. The van der Waals surface area contributed by atoms with Crippen LogP contribution < -0.4 is 0 Å². The number of hydrogen-bond donors (Lipinski definition) is 0. The Morgan fingerprint density at radius 1 is 1.75 bits per heavy atom. The predicted octanol–water partition coefficient (Wildman–Crippen LogP) is 0.449. The van der Waals surface area contributed by atoms with E-state index in [9.17, 15) is 9.18 Å². The second kappa shape index (κ2) is 3.85. The molecule has 3 nitrogen and oxygen atoms in total. The molecule has 0 saturated carbocycles. The number of methoxy groups -OCH3 is 1. The van der Waals surface area contributed by atoms with Crippen molar-refractivity contribution in [1.82, 2.24) is 4.90 Å². The second-order valence-electron chi connectivity index (χ2n) is 3.20. The van der Waals surface area contributed by atoms with E-state index in [1.54, 1.807) is 14.0 Å². The van der Waals surface area contributed by atoms with Crippen molar-refractivity contribution in [1.29, 1.82) is 0 Å². The van der Waals surface area contributed by atoms with Crippen LogP contribution in [0.25, 0.3) is 0 Å². The van der Waals surface area contributed by atoms with Crippen LogP contribution in [0.15, 0.2) is 0 Å². The molecule has 0 aromatic heterocycles. The highest BCUT2D eigenvalue weighted by atomic mass is 19.1. The van der Waals surface area contributed by atoms with Crippen molar-refractivity contribution in [3.63, 3.8) is 0 Å². The van der Waals surface area contributed by atoms with Gasteiger partial charge in [-0.05, 0) is 0 Å². The fraction of sp³-hybridized carbons (Fsp3) is 0.875. The first-order valence-electron chi connectivity index (χ1n) is 4.07. The molecule has 4 heteroatoms. The Balaban J connectivity index is 2.28. The molecule has 0 aromatic carbocycles. The fourth-order valence-electron chi connectivity index (χ4n) is 1.24. The van der Waals surface area contributed by atoms with Gasteiger partial charge in [0.15, 0.2) is 0 Å². The van der Waals surface area contributed by atoms with Crippen LogP contribution in [-0.2, 0) is 9.53 Å². The number of ether oxygens (including phenoxy) is 1. The molecule has 0 aromatic rings.